The molecule has 0 N–H and O–H groups in total. The largest absolute Gasteiger partial charge is 0.423 e. The lowest BCUT2D eigenvalue weighted by Crippen LogP contribution is -2.30. The fourth-order valence-corrected chi connectivity index (χ4v) is 3.34. The molecule has 120 valence electrons. The highest BCUT2D eigenvalue weighted by atomic mass is 16.4. The number of anilines is 1. The van der Waals surface area contributed by atoms with Gasteiger partial charge in [0.25, 0.3) is 0 Å². The van der Waals surface area contributed by atoms with Gasteiger partial charge in [0.1, 0.15) is 5.58 Å². The van der Waals surface area contributed by atoms with Crippen molar-refractivity contribution in [3.05, 3.63) is 75.6 Å². The van der Waals surface area contributed by atoms with Crippen molar-refractivity contribution in [2.75, 3.05) is 11.4 Å². The number of benzene rings is 2. The van der Waals surface area contributed by atoms with Crippen LogP contribution in [0.4, 0.5) is 5.69 Å². The maximum Gasteiger partial charge on any atom is 0.336 e. The first-order valence-corrected chi connectivity index (χ1v) is 8.03. The number of aryl methyl sites for hydroxylation is 1. The molecule has 0 unspecified atom stereocenters. The number of carbonyl (C=O) groups is 1. The minimum atomic E-state index is -0.419. The summed E-state index contributed by atoms with van der Waals surface area (Å²) >= 11 is 0. The van der Waals surface area contributed by atoms with Gasteiger partial charge in [-0.05, 0) is 42.2 Å². The van der Waals surface area contributed by atoms with E-state index in [2.05, 4.69) is 6.07 Å². The third kappa shape index (κ3) is 2.50. The van der Waals surface area contributed by atoms with Crippen LogP contribution in [0.1, 0.15) is 16.7 Å². The highest BCUT2D eigenvalue weighted by Crippen LogP contribution is 2.28. The normalized spacial score (nSPS) is 13.3. The molecular weight excluding hydrogens is 302 g/mol. The number of hydrogen-bond acceptors (Lipinski definition) is 3. The summed E-state index contributed by atoms with van der Waals surface area (Å²) in [5.41, 5.74) is 4.02. The van der Waals surface area contributed by atoms with E-state index in [0.717, 1.165) is 28.6 Å². The molecule has 2 heterocycles. The molecule has 1 aromatic heterocycles. The van der Waals surface area contributed by atoms with E-state index in [0.29, 0.717) is 12.1 Å². The summed E-state index contributed by atoms with van der Waals surface area (Å²) in [7, 11) is 0. The van der Waals surface area contributed by atoms with E-state index >= 15 is 0 Å². The number of fused-ring (bicyclic) bond motifs is 2. The second-order valence-corrected chi connectivity index (χ2v) is 6.19. The monoisotopic (exact) mass is 319 g/mol. The Kier molecular flexibility index (Phi) is 3.45. The fourth-order valence-electron chi connectivity index (χ4n) is 3.34. The van der Waals surface area contributed by atoms with Gasteiger partial charge in [0.05, 0.1) is 6.42 Å². The van der Waals surface area contributed by atoms with Crippen LogP contribution in [0.5, 0.6) is 0 Å². The first kappa shape index (κ1) is 14.7. The van der Waals surface area contributed by atoms with Crippen molar-refractivity contribution in [3.8, 4) is 0 Å². The number of para-hydroxylation sites is 1. The van der Waals surface area contributed by atoms with Crippen molar-refractivity contribution in [1.82, 2.24) is 0 Å². The van der Waals surface area contributed by atoms with Crippen molar-refractivity contribution in [2.45, 2.75) is 19.8 Å². The molecular formula is C20H17NO3. The van der Waals surface area contributed by atoms with Crippen molar-refractivity contribution in [3.63, 3.8) is 0 Å². The molecule has 4 rings (SSSR count). The van der Waals surface area contributed by atoms with Crippen LogP contribution in [0.2, 0.25) is 0 Å². The van der Waals surface area contributed by atoms with Crippen molar-refractivity contribution in [1.29, 1.82) is 0 Å². The summed E-state index contributed by atoms with van der Waals surface area (Å²) in [5.74, 6) is 0.00688. The van der Waals surface area contributed by atoms with Gasteiger partial charge >= 0.3 is 5.63 Å². The zero-order valence-corrected chi connectivity index (χ0v) is 13.4. The minimum absolute atomic E-state index is 0.00688. The zero-order valence-electron chi connectivity index (χ0n) is 13.4. The Labute approximate surface area is 139 Å². The van der Waals surface area contributed by atoms with Gasteiger partial charge in [-0.3, -0.25) is 4.79 Å². The predicted molar refractivity (Wildman–Crippen MR) is 93.4 cm³/mol. The van der Waals surface area contributed by atoms with Crippen LogP contribution in [0, 0.1) is 6.92 Å². The third-order valence-electron chi connectivity index (χ3n) is 4.52. The molecule has 1 aliphatic rings. The molecule has 0 spiro atoms. The lowest BCUT2D eigenvalue weighted by molar-refractivity contribution is -0.117. The summed E-state index contributed by atoms with van der Waals surface area (Å²) in [6, 6.07) is 15.1. The van der Waals surface area contributed by atoms with E-state index in [4.69, 9.17) is 4.42 Å². The molecule has 24 heavy (non-hydrogen) atoms. The third-order valence-corrected chi connectivity index (χ3v) is 4.52. The first-order valence-electron chi connectivity index (χ1n) is 8.03. The predicted octanol–water partition coefficient (Wildman–Crippen LogP) is 3.23. The Balaban J connectivity index is 1.70. The molecule has 3 aromatic rings. The topological polar surface area (TPSA) is 50.5 Å². The Bertz CT molecular complexity index is 1000. The molecule has 0 bridgehead atoms. The molecule has 0 fully saturated rings. The molecule has 4 heteroatoms. The SMILES string of the molecule is Cc1ccc2c(CC(=O)N3CCc4ccccc43)cc(=O)oc2c1. The van der Waals surface area contributed by atoms with Gasteiger partial charge in [0.2, 0.25) is 5.91 Å². The molecule has 2 aromatic carbocycles. The summed E-state index contributed by atoms with van der Waals surface area (Å²) in [6.07, 6.45) is 1.07. The summed E-state index contributed by atoms with van der Waals surface area (Å²) in [5, 5.41) is 0.820. The van der Waals surface area contributed by atoms with Gasteiger partial charge in [-0.2, -0.15) is 0 Å². The Morgan fingerprint density at radius 3 is 2.88 bits per heavy atom. The molecule has 0 atom stereocenters. The average Bonchev–Trinajstić information content (AvgIpc) is 2.98. The second-order valence-electron chi connectivity index (χ2n) is 6.19. The Hall–Kier alpha value is -2.88. The van der Waals surface area contributed by atoms with Gasteiger partial charge in [0, 0.05) is 23.7 Å². The quantitative estimate of drug-likeness (QED) is 0.681. The fraction of sp³-hybridized carbons (Fsp3) is 0.200. The van der Waals surface area contributed by atoms with E-state index in [1.807, 2.05) is 48.2 Å². The molecule has 0 aliphatic carbocycles. The molecule has 0 radical (unpaired) electrons. The van der Waals surface area contributed by atoms with Gasteiger partial charge in [0.15, 0.2) is 0 Å². The lowest BCUT2D eigenvalue weighted by Gasteiger charge is -2.17. The second kappa shape index (κ2) is 5.64. The summed E-state index contributed by atoms with van der Waals surface area (Å²) < 4.78 is 5.27. The van der Waals surface area contributed by atoms with Crippen LogP contribution in [0.15, 0.2) is 57.7 Å². The highest BCUT2D eigenvalue weighted by molar-refractivity contribution is 5.98. The zero-order chi connectivity index (χ0) is 16.7. The van der Waals surface area contributed by atoms with Crippen molar-refractivity contribution in [2.24, 2.45) is 0 Å². The molecule has 0 saturated carbocycles. The van der Waals surface area contributed by atoms with Gasteiger partial charge in [-0.1, -0.05) is 30.3 Å². The Morgan fingerprint density at radius 1 is 1.17 bits per heavy atom. The van der Waals surface area contributed by atoms with E-state index in [9.17, 15) is 9.59 Å². The first-order chi connectivity index (χ1) is 11.6. The lowest BCUT2D eigenvalue weighted by atomic mass is 10.0. The summed E-state index contributed by atoms with van der Waals surface area (Å²) in [4.78, 5) is 26.4. The van der Waals surface area contributed by atoms with E-state index in [1.54, 1.807) is 0 Å². The molecule has 0 saturated heterocycles. The van der Waals surface area contributed by atoms with Gasteiger partial charge < -0.3 is 9.32 Å². The van der Waals surface area contributed by atoms with E-state index in [1.165, 1.54) is 11.6 Å². The average molecular weight is 319 g/mol. The standard InChI is InChI=1S/C20H17NO3/c1-13-6-7-16-15(12-20(23)24-18(16)10-13)11-19(22)21-9-8-14-4-2-3-5-17(14)21/h2-7,10,12H,8-9,11H2,1H3. The number of amides is 1. The molecule has 1 amide bonds. The number of rotatable bonds is 2. The van der Waals surface area contributed by atoms with Crippen LogP contribution < -0.4 is 10.5 Å². The minimum Gasteiger partial charge on any atom is -0.423 e. The van der Waals surface area contributed by atoms with E-state index in [-0.39, 0.29) is 12.3 Å². The molecule has 1 aliphatic heterocycles. The van der Waals surface area contributed by atoms with Crippen LogP contribution in [0.25, 0.3) is 11.0 Å². The number of hydrogen-bond donors (Lipinski definition) is 0. The number of carbonyl (C=O) groups excluding carboxylic acids is 1. The van der Waals surface area contributed by atoms with Gasteiger partial charge in [-0.25, -0.2) is 4.79 Å². The maximum atomic E-state index is 12.8. The van der Waals surface area contributed by atoms with Crippen LogP contribution >= 0.6 is 0 Å². The van der Waals surface area contributed by atoms with Crippen LogP contribution in [-0.2, 0) is 17.6 Å². The maximum absolute atomic E-state index is 12.8. The highest BCUT2D eigenvalue weighted by Gasteiger charge is 2.24. The number of nitrogens with zero attached hydrogens (tertiary/aromatic N) is 1. The van der Waals surface area contributed by atoms with Crippen LogP contribution in [0.3, 0.4) is 0 Å². The van der Waals surface area contributed by atoms with Gasteiger partial charge in [-0.15, -0.1) is 0 Å². The van der Waals surface area contributed by atoms with Crippen molar-refractivity contribution < 1.29 is 9.21 Å². The Morgan fingerprint density at radius 2 is 2.00 bits per heavy atom. The van der Waals surface area contributed by atoms with E-state index < -0.39 is 5.63 Å². The molecule has 4 nitrogen and oxygen atoms in total. The smallest absolute Gasteiger partial charge is 0.336 e. The van der Waals surface area contributed by atoms with Crippen molar-refractivity contribution >= 4 is 22.6 Å². The van der Waals surface area contributed by atoms with Crippen LogP contribution in [-0.4, -0.2) is 12.5 Å². The summed E-state index contributed by atoms with van der Waals surface area (Å²) in [6.45, 7) is 2.63.